The zero-order chi connectivity index (χ0) is 14.7. The maximum absolute atomic E-state index is 6.08. The first-order chi connectivity index (χ1) is 10.2. The summed E-state index contributed by atoms with van der Waals surface area (Å²) in [6, 6.07) is 5.65. The predicted octanol–water partition coefficient (Wildman–Crippen LogP) is 3.26. The van der Waals surface area contributed by atoms with E-state index in [1.807, 2.05) is 25.2 Å². The largest absolute Gasteiger partial charge is 0.491 e. The average molecular weight is 307 g/mol. The van der Waals surface area contributed by atoms with Crippen LogP contribution < -0.4 is 10.1 Å². The van der Waals surface area contributed by atoms with E-state index in [-0.39, 0.29) is 0 Å². The topological polar surface area (TPSA) is 52.0 Å². The van der Waals surface area contributed by atoms with E-state index in [9.17, 15) is 0 Å². The number of halogens is 1. The molecule has 0 bridgehead atoms. The van der Waals surface area contributed by atoms with Crippen molar-refractivity contribution in [2.75, 3.05) is 11.9 Å². The summed E-state index contributed by atoms with van der Waals surface area (Å²) in [5.74, 6) is 2.40. The van der Waals surface area contributed by atoms with Gasteiger partial charge in [-0.2, -0.15) is 5.10 Å². The van der Waals surface area contributed by atoms with Crippen molar-refractivity contribution in [2.24, 2.45) is 13.0 Å². The number of rotatable bonds is 6. The Labute approximate surface area is 129 Å². The molecule has 1 saturated carbocycles. The Morgan fingerprint density at radius 1 is 1.43 bits per heavy atom. The van der Waals surface area contributed by atoms with Gasteiger partial charge in [0.25, 0.3) is 0 Å². The minimum atomic E-state index is 0.580. The van der Waals surface area contributed by atoms with Crippen LogP contribution in [0.1, 0.15) is 25.1 Å². The Morgan fingerprint density at radius 3 is 2.95 bits per heavy atom. The lowest BCUT2D eigenvalue weighted by Crippen LogP contribution is -2.19. The van der Waals surface area contributed by atoms with Gasteiger partial charge in [-0.05, 0) is 37.0 Å². The highest BCUT2D eigenvalue weighted by Gasteiger charge is 2.18. The van der Waals surface area contributed by atoms with Crippen LogP contribution in [0.4, 0.5) is 5.69 Å². The minimum absolute atomic E-state index is 0.580. The molecule has 1 aromatic heterocycles. The van der Waals surface area contributed by atoms with Crippen molar-refractivity contribution in [3.8, 4) is 5.75 Å². The van der Waals surface area contributed by atoms with Crippen LogP contribution in [0.25, 0.3) is 0 Å². The molecule has 2 aromatic rings. The highest BCUT2D eigenvalue weighted by Crippen LogP contribution is 2.31. The van der Waals surface area contributed by atoms with Crippen LogP contribution in [0.5, 0.6) is 5.75 Å². The second kappa shape index (κ2) is 6.35. The van der Waals surface area contributed by atoms with Crippen molar-refractivity contribution in [3.05, 3.63) is 35.4 Å². The van der Waals surface area contributed by atoms with E-state index >= 15 is 0 Å². The molecule has 0 spiro atoms. The van der Waals surface area contributed by atoms with Crippen LogP contribution in [0.15, 0.2) is 24.5 Å². The van der Waals surface area contributed by atoms with Gasteiger partial charge in [0.1, 0.15) is 17.9 Å². The number of aryl methyl sites for hydroxylation is 1. The van der Waals surface area contributed by atoms with Crippen molar-refractivity contribution >= 4 is 17.3 Å². The zero-order valence-electron chi connectivity index (χ0n) is 12.1. The summed E-state index contributed by atoms with van der Waals surface area (Å²) in [5, 5.41) is 8.07. The maximum Gasteiger partial charge on any atom is 0.145 e. The fourth-order valence-corrected chi connectivity index (χ4v) is 2.46. The maximum atomic E-state index is 6.08. The van der Waals surface area contributed by atoms with Gasteiger partial charge < -0.3 is 10.1 Å². The van der Waals surface area contributed by atoms with E-state index < -0.39 is 0 Å². The summed E-state index contributed by atoms with van der Waals surface area (Å²) in [6.07, 6.45) is 5.42. The fourth-order valence-electron chi connectivity index (χ4n) is 2.29. The summed E-state index contributed by atoms with van der Waals surface area (Å²) < 4.78 is 7.67. The Bertz CT molecular complexity index is 609. The highest BCUT2D eigenvalue weighted by molar-refractivity contribution is 6.30. The molecule has 1 fully saturated rings. The van der Waals surface area contributed by atoms with E-state index in [2.05, 4.69) is 15.4 Å². The minimum Gasteiger partial charge on any atom is -0.491 e. The molecule has 0 aliphatic heterocycles. The van der Waals surface area contributed by atoms with E-state index in [1.54, 1.807) is 11.0 Å². The summed E-state index contributed by atoms with van der Waals surface area (Å²) in [4.78, 5) is 4.20. The van der Waals surface area contributed by atoms with Crippen molar-refractivity contribution < 1.29 is 4.74 Å². The van der Waals surface area contributed by atoms with Crippen LogP contribution in [-0.4, -0.2) is 21.4 Å². The van der Waals surface area contributed by atoms with E-state index in [0.717, 1.165) is 23.9 Å². The summed E-state index contributed by atoms with van der Waals surface area (Å²) in [6.45, 7) is 1.36. The number of hydrogen-bond acceptors (Lipinski definition) is 4. The van der Waals surface area contributed by atoms with Crippen molar-refractivity contribution in [1.29, 1.82) is 0 Å². The van der Waals surface area contributed by atoms with Gasteiger partial charge in [-0.25, -0.2) is 4.98 Å². The Kier molecular flexibility index (Phi) is 4.29. The first-order valence-corrected chi connectivity index (χ1v) is 7.59. The number of nitrogens with one attached hydrogen (secondary N) is 1. The molecule has 6 heteroatoms. The molecule has 0 unspecified atom stereocenters. The molecule has 112 valence electrons. The van der Waals surface area contributed by atoms with Crippen LogP contribution in [-0.2, 0) is 13.6 Å². The molecular formula is C15H19ClN4O. The second-order valence-electron chi connectivity index (χ2n) is 5.40. The third-order valence-corrected chi connectivity index (χ3v) is 4.12. The normalized spacial score (nSPS) is 14.8. The Hall–Kier alpha value is -1.75. The Balaban J connectivity index is 1.66. The zero-order valence-corrected chi connectivity index (χ0v) is 12.8. The molecule has 0 atom stereocenters. The van der Waals surface area contributed by atoms with Gasteiger partial charge in [0.15, 0.2) is 0 Å². The van der Waals surface area contributed by atoms with Crippen molar-refractivity contribution in [3.63, 3.8) is 0 Å². The third kappa shape index (κ3) is 3.47. The highest BCUT2D eigenvalue weighted by atomic mass is 35.5. The smallest absolute Gasteiger partial charge is 0.145 e. The SMILES string of the molecule is Cn1ncnc1CNc1cc(Cl)ccc1OCC1CCC1. The van der Waals surface area contributed by atoms with Gasteiger partial charge in [0.05, 0.1) is 18.8 Å². The van der Waals surface area contributed by atoms with Crippen LogP contribution in [0.3, 0.4) is 0 Å². The van der Waals surface area contributed by atoms with Crippen molar-refractivity contribution in [2.45, 2.75) is 25.8 Å². The van der Waals surface area contributed by atoms with E-state index in [1.165, 1.54) is 19.3 Å². The third-order valence-electron chi connectivity index (χ3n) is 3.88. The summed E-state index contributed by atoms with van der Waals surface area (Å²) >= 11 is 6.08. The number of aromatic nitrogens is 3. The monoisotopic (exact) mass is 306 g/mol. The number of nitrogens with zero attached hydrogens (tertiary/aromatic N) is 3. The molecule has 0 amide bonds. The van der Waals surface area contributed by atoms with E-state index in [4.69, 9.17) is 16.3 Å². The molecular weight excluding hydrogens is 288 g/mol. The van der Waals surface area contributed by atoms with Gasteiger partial charge in [-0.1, -0.05) is 18.0 Å². The molecule has 0 saturated heterocycles. The first kappa shape index (κ1) is 14.2. The standard InChI is InChI=1S/C15H19ClN4O/c1-20-15(18-10-19-20)8-17-13-7-12(16)5-6-14(13)21-9-11-3-2-4-11/h5-7,10-11,17H,2-4,8-9H2,1H3. The molecule has 1 aliphatic rings. The molecule has 1 aromatic carbocycles. The predicted molar refractivity (Wildman–Crippen MR) is 82.6 cm³/mol. The number of hydrogen-bond donors (Lipinski definition) is 1. The quantitative estimate of drug-likeness (QED) is 0.890. The molecule has 1 heterocycles. The molecule has 21 heavy (non-hydrogen) atoms. The van der Waals surface area contributed by atoms with Crippen LogP contribution >= 0.6 is 11.6 Å². The summed E-state index contributed by atoms with van der Waals surface area (Å²) in [5.41, 5.74) is 0.893. The first-order valence-electron chi connectivity index (χ1n) is 7.21. The average Bonchev–Trinajstić information content (AvgIpc) is 2.82. The van der Waals surface area contributed by atoms with Crippen LogP contribution in [0, 0.1) is 5.92 Å². The Morgan fingerprint density at radius 2 is 2.29 bits per heavy atom. The molecule has 0 radical (unpaired) electrons. The molecule has 3 rings (SSSR count). The summed E-state index contributed by atoms with van der Waals surface area (Å²) in [7, 11) is 1.87. The molecule has 1 N–H and O–H groups in total. The van der Waals surface area contributed by atoms with Crippen molar-refractivity contribution in [1.82, 2.24) is 14.8 Å². The van der Waals surface area contributed by atoms with Gasteiger partial charge in [0.2, 0.25) is 0 Å². The van der Waals surface area contributed by atoms with Crippen LogP contribution in [0.2, 0.25) is 5.02 Å². The number of benzene rings is 1. The number of ether oxygens (including phenoxy) is 1. The van der Waals surface area contributed by atoms with Gasteiger partial charge >= 0.3 is 0 Å². The lowest BCUT2D eigenvalue weighted by atomic mass is 9.86. The van der Waals surface area contributed by atoms with Gasteiger partial charge in [0, 0.05) is 12.1 Å². The lowest BCUT2D eigenvalue weighted by molar-refractivity contribution is 0.181. The number of anilines is 1. The van der Waals surface area contributed by atoms with Gasteiger partial charge in [-0.15, -0.1) is 0 Å². The lowest BCUT2D eigenvalue weighted by Gasteiger charge is -2.25. The van der Waals surface area contributed by atoms with Gasteiger partial charge in [-0.3, -0.25) is 4.68 Å². The fraction of sp³-hybridized carbons (Fsp3) is 0.467. The molecule has 1 aliphatic carbocycles. The van der Waals surface area contributed by atoms with E-state index in [0.29, 0.717) is 17.5 Å². The second-order valence-corrected chi connectivity index (χ2v) is 5.84. The molecule has 5 nitrogen and oxygen atoms in total.